The van der Waals surface area contributed by atoms with Gasteiger partial charge in [0.15, 0.2) is 0 Å². The molecule has 1 atom stereocenters. The first-order valence-corrected chi connectivity index (χ1v) is 6.82. The van der Waals surface area contributed by atoms with Crippen molar-refractivity contribution in [1.29, 1.82) is 5.26 Å². The molecule has 1 aromatic carbocycles. The zero-order valence-electron chi connectivity index (χ0n) is 11.4. The Morgan fingerprint density at radius 2 is 1.95 bits per heavy atom. The Kier molecular flexibility index (Phi) is 4.53. The van der Waals surface area contributed by atoms with Crippen molar-refractivity contribution in [2.75, 3.05) is 6.54 Å². The second-order valence-corrected chi connectivity index (χ2v) is 5.26. The summed E-state index contributed by atoms with van der Waals surface area (Å²) in [4.78, 5) is 12.1. The highest BCUT2D eigenvalue weighted by atomic mass is 19.1. The van der Waals surface area contributed by atoms with Gasteiger partial charge in [-0.15, -0.1) is 0 Å². The largest absolute Gasteiger partial charge is 0.386 e. The third-order valence-corrected chi connectivity index (χ3v) is 3.89. The summed E-state index contributed by atoms with van der Waals surface area (Å²) in [5.41, 5.74) is -1.55. The van der Waals surface area contributed by atoms with Crippen molar-refractivity contribution in [3.63, 3.8) is 0 Å². The van der Waals surface area contributed by atoms with Crippen LogP contribution in [0.2, 0.25) is 0 Å². The van der Waals surface area contributed by atoms with Crippen molar-refractivity contribution in [3.8, 4) is 6.07 Å². The minimum atomic E-state index is -1.49. The van der Waals surface area contributed by atoms with E-state index in [0.717, 1.165) is 25.0 Å². The molecule has 0 saturated heterocycles. The predicted molar refractivity (Wildman–Crippen MR) is 70.8 cm³/mol. The zero-order chi connectivity index (χ0) is 15.5. The van der Waals surface area contributed by atoms with E-state index in [1.807, 2.05) is 6.07 Å². The van der Waals surface area contributed by atoms with Gasteiger partial charge in [0, 0.05) is 6.54 Å². The van der Waals surface area contributed by atoms with Crippen LogP contribution in [0.25, 0.3) is 0 Å². The van der Waals surface area contributed by atoms with Crippen LogP contribution in [-0.2, 0) is 4.79 Å². The lowest BCUT2D eigenvalue weighted by Crippen LogP contribution is -2.40. The van der Waals surface area contributed by atoms with Crippen molar-refractivity contribution >= 4 is 5.91 Å². The predicted octanol–water partition coefficient (Wildman–Crippen LogP) is 2.20. The molecule has 1 aliphatic carbocycles. The van der Waals surface area contributed by atoms with E-state index in [1.165, 1.54) is 6.07 Å². The number of nitrogens with one attached hydrogen (secondary N) is 1. The number of amides is 1. The van der Waals surface area contributed by atoms with E-state index in [1.54, 1.807) is 0 Å². The maximum atomic E-state index is 13.5. The smallest absolute Gasteiger partial charge is 0.240 e. The van der Waals surface area contributed by atoms with Gasteiger partial charge in [-0.2, -0.15) is 5.26 Å². The number of hydrogen-bond acceptors (Lipinski definition) is 3. The molecule has 0 heterocycles. The van der Waals surface area contributed by atoms with Crippen molar-refractivity contribution in [1.82, 2.24) is 5.32 Å². The Bertz CT molecular complexity index is 557. The third-order valence-electron chi connectivity index (χ3n) is 3.89. The molecule has 2 N–H and O–H groups in total. The number of hydrogen-bond donors (Lipinski definition) is 2. The highest BCUT2D eigenvalue weighted by Gasteiger charge is 2.41. The highest BCUT2D eigenvalue weighted by molar-refractivity contribution is 5.85. The molecule has 2 rings (SSSR count). The van der Waals surface area contributed by atoms with Gasteiger partial charge in [-0.25, -0.2) is 8.78 Å². The molecule has 1 fully saturated rings. The number of rotatable bonds is 4. The number of aliphatic hydroxyl groups is 1. The molecule has 112 valence electrons. The number of nitrogens with zero attached hydrogens (tertiary/aromatic N) is 1. The lowest BCUT2D eigenvalue weighted by molar-refractivity contribution is -0.128. The summed E-state index contributed by atoms with van der Waals surface area (Å²) >= 11 is 0. The maximum absolute atomic E-state index is 13.5. The molecule has 0 aromatic heterocycles. The van der Waals surface area contributed by atoms with Crippen molar-refractivity contribution in [2.24, 2.45) is 5.41 Å². The summed E-state index contributed by atoms with van der Waals surface area (Å²) in [5.74, 6) is -2.22. The lowest BCUT2D eigenvalue weighted by atomic mass is 9.87. The van der Waals surface area contributed by atoms with Crippen LogP contribution in [0.15, 0.2) is 18.2 Å². The molecule has 1 amide bonds. The minimum absolute atomic E-state index is 0.333. The quantitative estimate of drug-likeness (QED) is 0.894. The number of carbonyl (C=O) groups excluding carboxylic acids is 1. The van der Waals surface area contributed by atoms with E-state index in [2.05, 4.69) is 5.32 Å². The average molecular weight is 294 g/mol. The number of carbonyl (C=O) groups is 1. The number of nitriles is 1. The molecule has 1 aromatic rings. The Morgan fingerprint density at radius 1 is 1.38 bits per heavy atom. The van der Waals surface area contributed by atoms with Gasteiger partial charge in [-0.05, 0) is 25.0 Å². The first-order chi connectivity index (χ1) is 10.00. The molecule has 0 aliphatic heterocycles. The Hall–Kier alpha value is -2.00. The fourth-order valence-electron chi connectivity index (χ4n) is 2.66. The topological polar surface area (TPSA) is 73.1 Å². The van der Waals surface area contributed by atoms with Crippen LogP contribution in [0.4, 0.5) is 8.78 Å². The summed E-state index contributed by atoms with van der Waals surface area (Å²) in [6.07, 6.45) is 1.04. The van der Waals surface area contributed by atoms with Gasteiger partial charge < -0.3 is 10.4 Å². The molecule has 0 bridgehead atoms. The van der Waals surface area contributed by atoms with Crippen LogP contribution in [0.5, 0.6) is 0 Å². The van der Waals surface area contributed by atoms with Gasteiger partial charge in [0.2, 0.25) is 5.91 Å². The molecular formula is C15H16F2N2O2. The summed E-state index contributed by atoms with van der Waals surface area (Å²) in [6.45, 7) is -0.333. The first kappa shape index (κ1) is 15.4. The van der Waals surface area contributed by atoms with E-state index in [0.29, 0.717) is 12.8 Å². The lowest BCUT2D eigenvalue weighted by Gasteiger charge is -2.21. The van der Waals surface area contributed by atoms with Crippen molar-refractivity contribution in [3.05, 3.63) is 35.4 Å². The molecular weight excluding hydrogens is 278 g/mol. The Labute approximate surface area is 121 Å². The molecule has 4 nitrogen and oxygen atoms in total. The Morgan fingerprint density at radius 3 is 2.48 bits per heavy atom. The third kappa shape index (κ3) is 3.03. The Balaban J connectivity index is 2.03. The monoisotopic (exact) mass is 294 g/mol. The molecule has 1 unspecified atom stereocenters. The van der Waals surface area contributed by atoms with E-state index in [4.69, 9.17) is 5.26 Å². The zero-order valence-corrected chi connectivity index (χ0v) is 11.4. The van der Waals surface area contributed by atoms with E-state index >= 15 is 0 Å². The fraction of sp³-hybridized carbons (Fsp3) is 0.467. The standard InChI is InChI=1S/C15H16F2N2O2/c16-10-4-3-5-11(17)13(10)12(20)8-19-14(21)15(9-18)6-1-2-7-15/h3-5,12,20H,1-2,6-8H2,(H,19,21). The highest BCUT2D eigenvalue weighted by Crippen LogP contribution is 2.37. The van der Waals surface area contributed by atoms with E-state index < -0.39 is 34.6 Å². The number of benzene rings is 1. The van der Waals surface area contributed by atoms with Crippen LogP contribution in [0.1, 0.15) is 37.4 Å². The average Bonchev–Trinajstić information content (AvgIpc) is 2.94. The van der Waals surface area contributed by atoms with Crippen LogP contribution >= 0.6 is 0 Å². The fourth-order valence-corrected chi connectivity index (χ4v) is 2.66. The van der Waals surface area contributed by atoms with Gasteiger partial charge in [-0.3, -0.25) is 4.79 Å². The summed E-state index contributed by atoms with van der Waals surface area (Å²) < 4.78 is 27.0. The van der Waals surface area contributed by atoms with E-state index in [-0.39, 0.29) is 6.54 Å². The summed E-state index contributed by atoms with van der Waals surface area (Å²) in [6, 6.07) is 5.30. The molecule has 6 heteroatoms. The SMILES string of the molecule is N#CC1(C(=O)NCC(O)c2c(F)cccc2F)CCCC1. The van der Waals surface area contributed by atoms with E-state index in [9.17, 15) is 18.7 Å². The van der Waals surface area contributed by atoms with Crippen LogP contribution in [0, 0.1) is 28.4 Å². The molecule has 0 spiro atoms. The first-order valence-electron chi connectivity index (χ1n) is 6.82. The normalized spacial score (nSPS) is 18.0. The number of aliphatic hydroxyl groups excluding tert-OH is 1. The van der Waals surface area contributed by atoms with Crippen LogP contribution < -0.4 is 5.32 Å². The number of halogens is 2. The van der Waals surface area contributed by atoms with Gasteiger partial charge in [0.1, 0.15) is 23.2 Å². The second kappa shape index (κ2) is 6.19. The second-order valence-electron chi connectivity index (χ2n) is 5.26. The molecule has 1 saturated carbocycles. The van der Waals surface area contributed by atoms with Gasteiger partial charge in [0.05, 0.1) is 11.6 Å². The molecule has 21 heavy (non-hydrogen) atoms. The molecule has 1 aliphatic rings. The molecule has 0 radical (unpaired) electrons. The van der Waals surface area contributed by atoms with Crippen molar-refractivity contribution < 1.29 is 18.7 Å². The summed E-state index contributed by atoms with van der Waals surface area (Å²) in [7, 11) is 0. The minimum Gasteiger partial charge on any atom is -0.386 e. The van der Waals surface area contributed by atoms with Crippen LogP contribution in [0.3, 0.4) is 0 Å². The van der Waals surface area contributed by atoms with Gasteiger partial charge in [0.25, 0.3) is 0 Å². The summed E-state index contributed by atoms with van der Waals surface area (Å²) in [5, 5.41) is 21.4. The van der Waals surface area contributed by atoms with Crippen LogP contribution in [-0.4, -0.2) is 17.6 Å². The maximum Gasteiger partial charge on any atom is 0.240 e. The van der Waals surface area contributed by atoms with Gasteiger partial charge in [-0.1, -0.05) is 18.9 Å². The van der Waals surface area contributed by atoms with Gasteiger partial charge >= 0.3 is 0 Å². The van der Waals surface area contributed by atoms with Crippen molar-refractivity contribution in [2.45, 2.75) is 31.8 Å².